The number of aromatic hydroxyl groups is 1. The van der Waals surface area contributed by atoms with Crippen LogP contribution in [0.3, 0.4) is 0 Å². The number of ether oxygens (including phenoxy) is 1. The second-order valence-corrected chi connectivity index (χ2v) is 5.52. The molecule has 0 radical (unpaired) electrons. The highest BCUT2D eigenvalue weighted by Gasteiger charge is 2.26. The number of carboxylic acid groups (broad SMARTS) is 1. The van der Waals surface area contributed by atoms with Crippen LogP contribution in [0.1, 0.15) is 16.4 Å². The van der Waals surface area contributed by atoms with E-state index in [1.807, 2.05) is 24.3 Å². The summed E-state index contributed by atoms with van der Waals surface area (Å²) >= 11 is 0. The Kier molecular flexibility index (Phi) is 3.06. The van der Waals surface area contributed by atoms with Crippen molar-refractivity contribution in [1.82, 2.24) is 9.55 Å². The van der Waals surface area contributed by atoms with Gasteiger partial charge in [0.05, 0.1) is 30.3 Å². The molecule has 1 aromatic heterocycles. The number of hydrogen-bond acceptors (Lipinski definition) is 4. The van der Waals surface area contributed by atoms with Crippen molar-refractivity contribution in [3.63, 3.8) is 0 Å². The minimum absolute atomic E-state index is 0.122. The quantitative estimate of drug-likeness (QED) is 0.777. The normalized spacial score (nSPS) is 14.8. The van der Waals surface area contributed by atoms with Gasteiger partial charge in [-0.25, -0.2) is 9.78 Å². The summed E-state index contributed by atoms with van der Waals surface area (Å²) in [7, 11) is 0. The maximum atomic E-state index is 11.0. The number of imidazole rings is 1. The number of benzene rings is 2. The van der Waals surface area contributed by atoms with Crippen LogP contribution in [0.2, 0.25) is 0 Å². The van der Waals surface area contributed by atoms with Gasteiger partial charge in [-0.05, 0) is 24.3 Å². The number of hydrogen-bond donors (Lipinski definition) is 2. The molecule has 116 valence electrons. The van der Waals surface area contributed by atoms with Crippen molar-refractivity contribution in [3.8, 4) is 17.1 Å². The Morgan fingerprint density at radius 1 is 1.22 bits per heavy atom. The van der Waals surface area contributed by atoms with E-state index in [1.54, 1.807) is 6.07 Å². The first-order chi connectivity index (χ1) is 11.1. The molecule has 1 fully saturated rings. The number of para-hydroxylation sites is 2. The van der Waals surface area contributed by atoms with Gasteiger partial charge in [-0.2, -0.15) is 0 Å². The number of nitrogens with zero attached hydrogens (tertiary/aromatic N) is 2. The SMILES string of the molecule is O=C(O)c1ccc(-c2nc3ccccc3n2C2COC2)cc1O. The summed E-state index contributed by atoms with van der Waals surface area (Å²) in [6.45, 7) is 1.24. The zero-order valence-electron chi connectivity index (χ0n) is 12.1. The maximum absolute atomic E-state index is 11.0. The molecule has 4 rings (SSSR count). The van der Waals surface area contributed by atoms with Crippen LogP contribution in [0.4, 0.5) is 0 Å². The van der Waals surface area contributed by atoms with E-state index in [0.29, 0.717) is 24.6 Å². The second kappa shape index (κ2) is 5.10. The molecule has 0 bridgehead atoms. The molecule has 1 aliphatic rings. The predicted molar refractivity (Wildman–Crippen MR) is 83.6 cm³/mol. The Labute approximate surface area is 131 Å². The molecular weight excluding hydrogens is 296 g/mol. The van der Waals surface area contributed by atoms with E-state index in [1.165, 1.54) is 12.1 Å². The van der Waals surface area contributed by atoms with E-state index in [2.05, 4.69) is 9.55 Å². The summed E-state index contributed by atoms with van der Waals surface area (Å²) in [5.74, 6) is -0.722. The Bertz CT molecular complexity index is 912. The van der Waals surface area contributed by atoms with Gasteiger partial charge in [-0.1, -0.05) is 18.2 Å². The van der Waals surface area contributed by atoms with Crippen LogP contribution in [0.25, 0.3) is 22.4 Å². The lowest BCUT2D eigenvalue weighted by molar-refractivity contribution is -0.0209. The van der Waals surface area contributed by atoms with E-state index in [4.69, 9.17) is 9.84 Å². The second-order valence-electron chi connectivity index (χ2n) is 5.52. The zero-order chi connectivity index (χ0) is 16.0. The average molecular weight is 310 g/mol. The number of carbonyl (C=O) groups is 1. The standard InChI is InChI=1S/C17H14N2O4/c20-15-7-10(5-6-12(15)17(21)22)16-18-13-3-1-2-4-14(13)19(16)11-8-23-9-11/h1-7,11,20H,8-9H2,(H,21,22). The molecule has 0 amide bonds. The molecular formula is C17H14N2O4. The lowest BCUT2D eigenvalue weighted by atomic mass is 10.1. The summed E-state index contributed by atoms with van der Waals surface area (Å²) < 4.78 is 7.39. The van der Waals surface area contributed by atoms with Crippen molar-refractivity contribution in [2.45, 2.75) is 6.04 Å². The summed E-state index contributed by atoms with van der Waals surface area (Å²) in [6.07, 6.45) is 0. The number of aromatic carboxylic acids is 1. The minimum Gasteiger partial charge on any atom is -0.507 e. The molecule has 0 spiro atoms. The largest absolute Gasteiger partial charge is 0.507 e. The molecule has 3 aromatic rings. The van der Waals surface area contributed by atoms with Gasteiger partial charge in [0.25, 0.3) is 0 Å². The fourth-order valence-electron chi connectivity index (χ4n) is 2.84. The molecule has 0 saturated carbocycles. The van der Waals surface area contributed by atoms with E-state index in [-0.39, 0.29) is 17.4 Å². The third-order valence-electron chi connectivity index (χ3n) is 4.07. The maximum Gasteiger partial charge on any atom is 0.339 e. The first-order valence-electron chi connectivity index (χ1n) is 7.26. The molecule has 6 heteroatoms. The highest BCUT2D eigenvalue weighted by molar-refractivity contribution is 5.92. The number of aromatic nitrogens is 2. The molecule has 6 nitrogen and oxygen atoms in total. The molecule has 0 unspecified atom stereocenters. The van der Waals surface area contributed by atoms with Gasteiger partial charge in [0.1, 0.15) is 17.1 Å². The molecule has 1 aliphatic heterocycles. The van der Waals surface area contributed by atoms with Crippen LogP contribution in [0, 0.1) is 0 Å². The van der Waals surface area contributed by atoms with Crippen LogP contribution < -0.4 is 0 Å². The Morgan fingerprint density at radius 3 is 2.65 bits per heavy atom. The van der Waals surface area contributed by atoms with Gasteiger partial charge in [0, 0.05) is 5.56 Å². The van der Waals surface area contributed by atoms with Crippen molar-refractivity contribution >= 4 is 17.0 Å². The first kappa shape index (κ1) is 13.8. The molecule has 2 heterocycles. The summed E-state index contributed by atoms with van der Waals surface area (Å²) in [4.78, 5) is 15.7. The molecule has 2 aromatic carbocycles. The van der Waals surface area contributed by atoms with E-state index in [0.717, 1.165) is 11.0 Å². The van der Waals surface area contributed by atoms with Gasteiger partial charge < -0.3 is 19.5 Å². The van der Waals surface area contributed by atoms with E-state index in [9.17, 15) is 9.90 Å². The summed E-state index contributed by atoms with van der Waals surface area (Å²) in [5.41, 5.74) is 2.41. The Hall–Kier alpha value is -2.86. The summed E-state index contributed by atoms with van der Waals surface area (Å²) in [5, 5.41) is 19.0. The van der Waals surface area contributed by atoms with Crippen LogP contribution in [0.15, 0.2) is 42.5 Å². The average Bonchev–Trinajstić information content (AvgIpc) is 2.85. The van der Waals surface area contributed by atoms with Gasteiger partial charge in [0.2, 0.25) is 0 Å². The van der Waals surface area contributed by atoms with Crippen molar-refractivity contribution in [2.75, 3.05) is 13.2 Å². The van der Waals surface area contributed by atoms with Gasteiger partial charge >= 0.3 is 5.97 Å². The van der Waals surface area contributed by atoms with Crippen LogP contribution >= 0.6 is 0 Å². The molecule has 23 heavy (non-hydrogen) atoms. The molecule has 2 N–H and O–H groups in total. The number of phenols is 1. The Morgan fingerprint density at radius 2 is 2.00 bits per heavy atom. The lowest BCUT2D eigenvalue weighted by Gasteiger charge is -2.29. The van der Waals surface area contributed by atoms with Gasteiger partial charge in [-0.15, -0.1) is 0 Å². The molecule has 0 atom stereocenters. The molecule has 0 aliphatic carbocycles. The number of fused-ring (bicyclic) bond motifs is 1. The summed E-state index contributed by atoms with van der Waals surface area (Å²) in [6, 6.07) is 12.5. The lowest BCUT2D eigenvalue weighted by Crippen LogP contribution is -2.31. The first-order valence-corrected chi connectivity index (χ1v) is 7.26. The topological polar surface area (TPSA) is 84.6 Å². The van der Waals surface area contributed by atoms with Crippen molar-refractivity contribution < 1.29 is 19.7 Å². The van der Waals surface area contributed by atoms with Crippen molar-refractivity contribution in [2.24, 2.45) is 0 Å². The number of rotatable bonds is 3. The van der Waals surface area contributed by atoms with Crippen LogP contribution in [-0.4, -0.2) is 38.9 Å². The molecule has 1 saturated heterocycles. The smallest absolute Gasteiger partial charge is 0.339 e. The van der Waals surface area contributed by atoms with Crippen molar-refractivity contribution in [3.05, 3.63) is 48.0 Å². The highest BCUT2D eigenvalue weighted by Crippen LogP contribution is 2.33. The van der Waals surface area contributed by atoms with Crippen LogP contribution in [0.5, 0.6) is 5.75 Å². The third-order valence-corrected chi connectivity index (χ3v) is 4.07. The zero-order valence-corrected chi connectivity index (χ0v) is 12.1. The highest BCUT2D eigenvalue weighted by atomic mass is 16.5. The monoisotopic (exact) mass is 310 g/mol. The van der Waals surface area contributed by atoms with E-state index >= 15 is 0 Å². The minimum atomic E-state index is -1.16. The fourth-order valence-corrected chi connectivity index (χ4v) is 2.84. The predicted octanol–water partition coefficient (Wildman–Crippen LogP) is 2.68. The van der Waals surface area contributed by atoms with Crippen molar-refractivity contribution in [1.29, 1.82) is 0 Å². The Balaban J connectivity index is 1.91. The van der Waals surface area contributed by atoms with Crippen LogP contribution in [-0.2, 0) is 4.74 Å². The third kappa shape index (κ3) is 2.15. The fraction of sp³-hybridized carbons (Fsp3) is 0.176. The van der Waals surface area contributed by atoms with E-state index < -0.39 is 5.97 Å². The van der Waals surface area contributed by atoms with Gasteiger partial charge in [-0.3, -0.25) is 0 Å². The number of carboxylic acids is 1. The van der Waals surface area contributed by atoms with Gasteiger partial charge in [0.15, 0.2) is 0 Å².